The van der Waals surface area contributed by atoms with E-state index in [1.807, 2.05) is 13.8 Å². The lowest BCUT2D eigenvalue weighted by Crippen LogP contribution is -2.38. The SMILES string of the molecule is COc1ccc2c(c1)N(CC(O)C(C)C)C(=O)C2=O. The van der Waals surface area contributed by atoms with Gasteiger partial charge in [0.2, 0.25) is 0 Å². The number of ether oxygens (including phenoxy) is 1. The molecule has 1 unspecified atom stereocenters. The number of Topliss-reactive ketones (excluding diaryl/α,β-unsaturated/α-hetero) is 1. The van der Waals surface area contributed by atoms with Gasteiger partial charge in [0.15, 0.2) is 0 Å². The number of ketones is 1. The summed E-state index contributed by atoms with van der Waals surface area (Å²) in [4.78, 5) is 25.1. The third-order valence-corrected chi connectivity index (χ3v) is 3.32. The lowest BCUT2D eigenvalue weighted by molar-refractivity contribution is -0.114. The smallest absolute Gasteiger partial charge is 0.299 e. The maximum Gasteiger partial charge on any atom is 0.299 e. The number of anilines is 1. The molecule has 1 aromatic carbocycles. The molecular formula is C14H17NO4. The number of hydrogen-bond donors (Lipinski definition) is 1. The Morgan fingerprint density at radius 3 is 2.58 bits per heavy atom. The quantitative estimate of drug-likeness (QED) is 0.830. The predicted molar refractivity (Wildman–Crippen MR) is 70.5 cm³/mol. The van der Waals surface area contributed by atoms with E-state index in [2.05, 4.69) is 0 Å². The Morgan fingerprint density at radius 1 is 1.32 bits per heavy atom. The number of fused-ring (bicyclic) bond motifs is 1. The minimum Gasteiger partial charge on any atom is -0.497 e. The van der Waals surface area contributed by atoms with Crippen molar-refractivity contribution in [3.8, 4) is 5.75 Å². The van der Waals surface area contributed by atoms with Crippen molar-refractivity contribution >= 4 is 17.4 Å². The highest BCUT2D eigenvalue weighted by Gasteiger charge is 2.37. The summed E-state index contributed by atoms with van der Waals surface area (Å²) in [5, 5.41) is 9.91. The number of benzene rings is 1. The van der Waals surface area contributed by atoms with Gasteiger partial charge in [0.05, 0.1) is 31.0 Å². The second kappa shape index (κ2) is 5.01. The zero-order chi connectivity index (χ0) is 14.2. The van der Waals surface area contributed by atoms with Crippen molar-refractivity contribution in [1.82, 2.24) is 0 Å². The molecule has 0 saturated heterocycles. The maximum atomic E-state index is 11.9. The third-order valence-electron chi connectivity index (χ3n) is 3.32. The number of carbonyl (C=O) groups excluding carboxylic acids is 2. The van der Waals surface area contributed by atoms with Crippen molar-refractivity contribution in [1.29, 1.82) is 0 Å². The van der Waals surface area contributed by atoms with E-state index < -0.39 is 17.8 Å². The number of carbonyl (C=O) groups is 2. The van der Waals surface area contributed by atoms with E-state index in [1.54, 1.807) is 18.2 Å². The Hall–Kier alpha value is -1.88. The highest BCUT2D eigenvalue weighted by molar-refractivity contribution is 6.52. The molecule has 1 N–H and O–H groups in total. The monoisotopic (exact) mass is 263 g/mol. The van der Waals surface area contributed by atoms with E-state index in [9.17, 15) is 14.7 Å². The Balaban J connectivity index is 2.36. The van der Waals surface area contributed by atoms with E-state index in [-0.39, 0.29) is 12.5 Å². The number of aliphatic hydroxyl groups is 1. The summed E-state index contributed by atoms with van der Waals surface area (Å²) in [6, 6.07) is 4.87. The molecule has 0 fully saturated rings. The highest BCUT2D eigenvalue weighted by atomic mass is 16.5. The Labute approximate surface area is 111 Å². The molecule has 1 aromatic rings. The molecule has 0 aromatic heterocycles. The molecule has 1 aliphatic heterocycles. The normalized spacial score (nSPS) is 15.9. The summed E-state index contributed by atoms with van der Waals surface area (Å²) in [5.41, 5.74) is 0.871. The van der Waals surface area contributed by atoms with Crippen LogP contribution in [-0.4, -0.2) is 36.6 Å². The second-order valence-electron chi connectivity index (χ2n) is 4.94. The van der Waals surface area contributed by atoms with Gasteiger partial charge in [0.25, 0.3) is 11.7 Å². The third kappa shape index (κ3) is 2.33. The molecule has 5 heteroatoms. The molecule has 1 heterocycles. The van der Waals surface area contributed by atoms with Crippen LogP contribution in [0.5, 0.6) is 5.75 Å². The number of hydrogen-bond acceptors (Lipinski definition) is 4. The molecule has 0 bridgehead atoms. The molecule has 0 saturated carbocycles. The molecule has 0 aliphatic carbocycles. The number of β-amino-alcohol motifs (C(OH)–C–C–N with tert-alkyl or cyclic N) is 1. The van der Waals surface area contributed by atoms with E-state index in [0.29, 0.717) is 17.0 Å². The largest absolute Gasteiger partial charge is 0.497 e. The second-order valence-corrected chi connectivity index (χ2v) is 4.94. The van der Waals surface area contributed by atoms with Gasteiger partial charge >= 0.3 is 0 Å². The molecule has 1 amide bonds. The molecule has 2 rings (SSSR count). The van der Waals surface area contributed by atoms with Gasteiger partial charge < -0.3 is 14.7 Å². The van der Waals surface area contributed by atoms with Gasteiger partial charge in [-0.1, -0.05) is 13.8 Å². The molecule has 5 nitrogen and oxygen atoms in total. The summed E-state index contributed by atoms with van der Waals surface area (Å²) in [7, 11) is 1.52. The van der Waals surface area contributed by atoms with E-state index in [0.717, 1.165) is 0 Å². The number of nitrogens with zero attached hydrogens (tertiary/aromatic N) is 1. The Bertz CT molecular complexity index is 524. The summed E-state index contributed by atoms with van der Waals surface area (Å²) in [5.74, 6) is -0.542. The fraction of sp³-hybridized carbons (Fsp3) is 0.429. The average molecular weight is 263 g/mol. The van der Waals surface area contributed by atoms with Crippen LogP contribution in [0, 0.1) is 5.92 Å². The average Bonchev–Trinajstić information content (AvgIpc) is 2.63. The van der Waals surface area contributed by atoms with E-state index >= 15 is 0 Å². The standard InChI is InChI=1S/C14H17NO4/c1-8(2)12(16)7-15-11-6-9(19-3)4-5-10(11)13(17)14(15)18/h4-6,8,12,16H,7H2,1-3H3. The van der Waals surface area contributed by atoms with Crippen LogP contribution in [0.3, 0.4) is 0 Å². The Kier molecular flexibility index (Phi) is 3.57. The summed E-state index contributed by atoms with van der Waals surface area (Å²) < 4.78 is 5.10. The van der Waals surface area contributed by atoms with Crippen molar-refractivity contribution in [3.05, 3.63) is 23.8 Å². The molecule has 0 spiro atoms. The van der Waals surface area contributed by atoms with Crippen LogP contribution in [0.2, 0.25) is 0 Å². The lowest BCUT2D eigenvalue weighted by Gasteiger charge is -2.22. The zero-order valence-corrected chi connectivity index (χ0v) is 11.2. The highest BCUT2D eigenvalue weighted by Crippen LogP contribution is 2.32. The maximum absolute atomic E-state index is 11.9. The fourth-order valence-electron chi connectivity index (χ4n) is 1.98. The van der Waals surface area contributed by atoms with Crippen molar-refractivity contribution in [2.45, 2.75) is 20.0 Å². The van der Waals surface area contributed by atoms with Crippen LogP contribution in [0.1, 0.15) is 24.2 Å². The van der Waals surface area contributed by atoms with E-state index in [4.69, 9.17) is 4.74 Å². The van der Waals surface area contributed by atoms with Gasteiger partial charge in [-0.15, -0.1) is 0 Å². The number of rotatable bonds is 4. The predicted octanol–water partition coefficient (Wildman–Crippen LogP) is 1.24. The molecule has 0 radical (unpaired) electrons. The van der Waals surface area contributed by atoms with Crippen molar-refractivity contribution in [3.63, 3.8) is 0 Å². The van der Waals surface area contributed by atoms with Gasteiger partial charge in [0.1, 0.15) is 5.75 Å². The van der Waals surface area contributed by atoms with Gasteiger partial charge in [-0.2, -0.15) is 0 Å². The molecular weight excluding hydrogens is 246 g/mol. The van der Waals surface area contributed by atoms with E-state index in [1.165, 1.54) is 12.0 Å². The van der Waals surface area contributed by atoms with Gasteiger partial charge in [-0.25, -0.2) is 0 Å². The first-order valence-corrected chi connectivity index (χ1v) is 6.18. The zero-order valence-electron chi connectivity index (χ0n) is 11.2. The van der Waals surface area contributed by atoms with Crippen LogP contribution in [0.4, 0.5) is 5.69 Å². The minimum atomic E-state index is -0.672. The summed E-state index contributed by atoms with van der Waals surface area (Å²) in [6.07, 6.45) is -0.672. The number of amides is 1. The van der Waals surface area contributed by atoms with Crippen LogP contribution in [-0.2, 0) is 4.79 Å². The Morgan fingerprint density at radius 2 is 2.00 bits per heavy atom. The first-order valence-electron chi connectivity index (χ1n) is 6.18. The molecule has 19 heavy (non-hydrogen) atoms. The van der Waals surface area contributed by atoms with Crippen molar-refractivity contribution in [2.75, 3.05) is 18.6 Å². The minimum absolute atomic E-state index is 0.0116. The molecule has 102 valence electrons. The van der Waals surface area contributed by atoms with Crippen LogP contribution < -0.4 is 9.64 Å². The lowest BCUT2D eigenvalue weighted by atomic mass is 10.1. The van der Waals surface area contributed by atoms with Crippen LogP contribution >= 0.6 is 0 Å². The van der Waals surface area contributed by atoms with Gasteiger partial charge in [0, 0.05) is 6.07 Å². The molecule has 1 atom stereocenters. The van der Waals surface area contributed by atoms with Gasteiger partial charge in [-0.3, -0.25) is 9.59 Å². The number of aliphatic hydroxyl groups excluding tert-OH is 1. The van der Waals surface area contributed by atoms with Gasteiger partial charge in [-0.05, 0) is 18.1 Å². The summed E-state index contributed by atoms with van der Waals surface area (Å²) >= 11 is 0. The first kappa shape index (κ1) is 13.5. The first-order chi connectivity index (χ1) is 8.95. The number of methoxy groups -OCH3 is 1. The van der Waals surface area contributed by atoms with Crippen molar-refractivity contribution in [2.24, 2.45) is 5.92 Å². The topological polar surface area (TPSA) is 66.8 Å². The molecule has 1 aliphatic rings. The summed E-state index contributed by atoms with van der Waals surface area (Å²) in [6.45, 7) is 3.83. The van der Waals surface area contributed by atoms with Crippen LogP contribution in [0.15, 0.2) is 18.2 Å². The van der Waals surface area contributed by atoms with Crippen LogP contribution in [0.25, 0.3) is 0 Å². The van der Waals surface area contributed by atoms with Crippen molar-refractivity contribution < 1.29 is 19.4 Å². The fourth-order valence-corrected chi connectivity index (χ4v) is 1.98.